The molecule has 6 N–H and O–H groups in total. The number of anilines is 3. The maximum absolute atomic E-state index is 14.0. The van der Waals surface area contributed by atoms with Crippen LogP contribution in [0.3, 0.4) is 0 Å². The lowest BCUT2D eigenvalue weighted by Gasteiger charge is -2.23. The van der Waals surface area contributed by atoms with Crippen LogP contribution in [0.15, 0.2) is 123 Å². The molecule has 9 aromatic rings. The van der Waals surface area contributed by atoms with Crippen molar-refractivity contribution in [2.75, 3.05) is 35.8 Å². The molecule has 0 unspecified atom stereocenters. The summed E-state index contributed by atoms with van der Waals surface area (Å²) in [5.74, 6) is 0.910. The van der Waals surface area contributed by atoms with E-state index in [1.807, 2.05) is 26.1 Å². The van der Waals surface area contributed by atoms with E-state index in [0.29, 0.717) is 63.5 Å². The third-order valence-corrected chi connectivity index (χ3v) is 14.1. The molecule has 3 aromatic carbocycles. The Morgan fingerprint density at radius 3 is 1.39 bits per heavy atom. The highest BCUT2D eigenvalue weighted by atomic mass is 19.3. The zero-order chi connectivity index (χ0) is 59.3. The minimum atomic E-state index is -2.86. The first-order valence-electron chi connectivity index (χ1n) is 26.8. The molecule has 84 heavy (non-hydrogen) atoms. The van der Waals surface area contributed by atoms with Gasteiger partial charge in [0.1, 0.15) is 89.6 Å². The topological polar surface area (TPSA) is 208 Å². The SMILES string of the molecule is C=C1N[C@@H](CC)COc2ccc(F)cc2[C@@H](CC)Nc2ccn3ncc1c3n2.C=C1N[C@H](C(F)F)COc2ccc(F)cc2[C@@H](C)Nc2ccn3ncc1c3n2.C[C@H]1Nc2ccn3ncc(c3n2)C(=O)N[C@@H](C(F)F)COc2ccc(F)cc21. The number of nitrogens with one attached hydrogen (secondary N) is 6. The number of amides is 1. The van der Waals surface area contributed by atoms with E-state index in [4.69, 9.17) is 19.2 Å². The normalized spacial score (nSPS) is 19.8. The van der Waals surface area contributed by atoms with E-state index in [0.717, 1.165) is 29.7 Å². The zero-order valence-electron chi connectivity index (χ0n) is 45.8. The molecular weight excluding hydrogens is 1100 g/mol. The molecule has 3 aliphatic heterocycles. The fraction of sp³-hybridized carbons (Fsp3) is 0.293. The Morgan fingerprint density at radius 1 is 0.524 bits per heavy atom. The number of hydrogen-bond donors (Lipinski definition) is 6. The number of alkyl halides is 4. The minimum absolute atomic E-state index is 0.0531. The third kappa shape index (κ3) is 12.7. The van der Waals surface area contributed by atoms with Gasteiger partial charge in [0.15, 0.2) is 16.9 Å². The van der Waals surface area contributed by atoms with E-state index in [1.54, 1.807) is 48.2 Å². The standard InChI is InChI=1S/C21H24FN5O.C19H18F3N5O.C18H16F3N5O2/c1-4-15-12-28-19-7-6-14(22)10-16(19)18(5-2)25-20-8-9-27-21(26-20)17(11-23-27)13(3)24-15;1-10-13-7-12(20)3-4-16(13)28-9-15(18(21)22)24-11(2)14-8-23-27-6-5-17(25-10)26-19(14)27;1-9-11-6-10(19)2-3-14(11)28-8-13(16(20)21)24-18(27)12-7-22-26-5-4-15(23-9)25-17(12)26/h6-11,15,18,24H,3-5,12H2,1-2H3,(H,25,26);3-8,10,15,18,24H,2,9H2,1H3,(H,25,26);2-7,9,13,16H,8H2,1H3,(H,23,25)(H,24,27)/t15-,18+;10-,15+;9-,13-/m011/s1. The van der Waals surface area contributed by atoms with E-state index in [9.17, 15) is 35.5 Å². The molecule has 6 atom stereocenters. The van der Waals surface area contributed by atoms with Gasteiger partial charge in [-0.3, -0.25) is 4.79 Å². The van der Waals surface area contributed by atoms with Crippen molar-refractivity contribution in [1.29, 1.82) is 0 Å². The van der Waals surface area contributed by atoms with Crippen LogP contribution >= 0.6 is 0 Å². The van der Waals surface area contributed by atoms with Gasteiger partial charge in [-0.05, 0) is 99.5 Å². The molecule has 12 rings (SSSR count). The second-order valence-electron chi connectivity index (χ2n) is 19.9. The van der Waals surface area contributed by atoms with Crippen molar-refractivity contribution < 1.29 is 49.7 Å². The monoisotopic (exact) mass is 1160 g/mol. The largest absolute Gasteiger partial charge is 0.491 e. The quantitative estimate of drug-likeness (QED) is 0.0907. The summed E-state index contributed by atoms with van der Waals surface area (Å²) in [7, 11) is 0. The molecule has 0 fully saturated rings. The molecule has 26 heteroatoms. The highest BCUT2D eigenvalue weighted by Crippen LogP contribution is 2.34. The van der Waals surface area contributed by atoms with E-state index < -0.39 is 55.1 Å². The summed E-state index contributed by atoms with van der Waals surface area (Å²) in [6, 6.07) is 13.9. The van der Waals surface area contributed by atoms with Crippen LogP contribution in [0.5, 0.6) is 17.2 Å². The summed E-state index contributed by atoms with van der Waals surface area (Å²) in [5, 5.41) is 30.7. The van der Waals surface area contributed by atoms with Gasteiger partial charge < -0.3 is 46.1 Å². The molecule has 6 bridgehead atoms. The van der Waals surface area contributed by atoms with Crippen molar-refractivity contribution in [1.82, 2.24) is 59.7 Å². The number of benzene rings is 3. The van der Waals surface area contributed by atoms with Gasteiger partial charge in [0, 0.05) is 46.7 Å². The van der Waals surface area contributed by atoms with Gasteiger partial charge in [0.05, 0.1) is 53.9 Å². The Balaban J connectivity index is 0.000000140. The van der Waals surface area contributed by atoms with Crippen molar-refractivity contribution >= 4 is 51.7 Å². The lowest BCUT2D eigenvalue weighted by Crippen LogP contribution is -2.44. The Bertz CT molecular complexity index is 3710. The Kier molecular flexibility index (Phi) is 17.0. The van der Waals surface area contributed by atoms with Crippen molar-refractivity contribution in [3.8, 4) is 17.2 Å². The number of aromatic nitrogens is 9. The number of rotatable bonds is 4. The number of halogens is 7. The lowest BCUT2D eigenvalue weighted by molar-refractivity contribution is 0.0600. The van der Waals surface area contributed by atoms with Crippen molar-refractivity contribution in [2.45, 2.75) is 89.6 Å². The number of fused-ring (bicyclic) bond motifs is 6. The van der Waals surface area contributed by atoms with Crippen LogP contribution in [0.1, 0.15) is 96.8 Å². The Hall–Kier alpha value is -9.62. The molecule has 0 radical (unpaired) electrons. The van der Waals surface area contributed by atoms with Gasteiger partial charge in [-0.15, -0.1) is 0 Å². The highest BCUT2D eigenvalue weighted by Gasteiger charge is 2.29. The number of carbonyl (C=O) groups is 1. The van der Waals surface area contributed by atoms with Crippen LogP contribution in [0.4, 0.5) is 48.2 Å². The van der Waals surface area contributed by atoms with Crippen LogP contribution in [-0.4, -0.2) is 100 Å². The Labute approximate surface area is 476 Å². The molecule has 9 heterocycles. The Morgan fingerprint density at radius 2 is 0.929 bits per heavy atom. The number of carbonyl (C=O) groups excluding carboxylic acids is 1. The second-order valence-corrected chi connectivity index (χ2v) is 19.9. The summed E-state index contributed by atoms with van der Waals surface area (Å²) < 4.78 is 117. The maximum atomic E-state index is 14.0. The molecule has 0 aliphatic carbocycles. The predicted octanol–water partition coefficient (Wildman–Crippen LogP) is 10.6. The van der Waals surface area contributed by atoms with Crippen LogP contribution in [-0.2, 0) is 0 Å². The van der Waals surface area contributed by atoms with E-state index in [1.165, 1.54) is 70.0 Å². The second kappa shape index (κ2) is 24.8. The van der Waals surface area contributed by atoms with Crippen LogP contribution in [0.25, 0.3) is 28.3 Å². The van der Waals surface area contributed by atoms with E-state index >= 15 is 0 Å². The summed E-state index contributed by atoms with van der Waals surface area (Å²) in [6.07, 6.45) is 5.71. The molecule has 438 valence electrons. The molecule has 0 saturated carbocycles. The molecule has 19 nitrogen and oxygen atoms in total. The zero-order valence-corrected chi connectivity index (χ0v) is 45.8. The summed E-state index contributed by atoms with van der Waals surface area (Å²) in [6.45, 7) is 15.4. The van der Waals surface area contributed by atoms with E-state index in [-0.39, 0.29) is 53.2 Å². The molecule has 0 saturated heterocycles. The first-order valence-corrected chi connectivity index (χ1v) is 26.8. The average molecular weight is 1160 g/mol. The average Bonchev–Trinajstić information content (AvgIpc) is 4.43. The smallest absolute Gasteiger partial charge is 0.261 e. The maximum Gasteiger partial charge on any atom is 0.261 e. The number of nitrogens with zero attached hydrogens (tertiary/aromatic N) is 9. The minimum Gasteiger partial charge on any atom is -0.491 e. The van der Waals surface area contributed by atoms with Gasteiger partial charge in [-0.25, -0.2) is 59.2 Å². The predicted molar refractivity (Wildman–Crippen MR) is 301 cm³/mol. The number of hydrogen-bond acceptors (Lipinski definition) is 15. The first-order chi connectivity index (χ1) is 40.4. The molecule has 1 amide bonds. The highest BCUT2D eigenvalue weighted by molar-refractivity contribution is 6.00. The van der Waals surface area contributed by atoms with Crippen LogP contribution < -0.4 is 46.1 Å². The number of ether oxygens (including phenoxy) is 3. The van der Waals surface area contributed by atoms with Gasteiger partial charge in [0.25, 0.3) is 18.8 Å². The third-order valence-electron chi connectivity index (χ3n) is 14.1. The summed E-state index contributed by atoms with van der Waals surface area (Å²) in [5.41, 5.74) is 5.53. The molecule has 0 spiro atoms. The molecule has 3 aliphatic rings. The molecular formula is C58H58F7N15O4. The van der Waals surface area contributed by atoms with Crippen LogP contribution in [0, 0.1) is 17.5 Å². The van der Waals surface area contributed by atoms with Crippen LogP contribution in [0.2, 0.25) is 0 Å². The summed E-state index contributed by atoms with van der Waals surface area (Å²) in [4.78, 5) is 26.1. The van der Waals surface area contributed by atoms with Gasteiger partial charge in [0.2, 0.25) is 0 Å². The van der Waals surface area contributed by atoms with Crippen molar-refractivity contribution in [2.24, 2.45) is 0 Å². The van der Waals surface area contributed by atoms with Gasteiger partial charge in [-0.2, -0.15) is 15.3 Å². The summed E-state index contributed by atoms with van der Waals surface area (Å²) >= 11 is 0. The van der Waals surface area contributed by atoms with Gasteiger partial charge in [-0.1, -0.05) is 27.0 Å². The molecule has 6 aromatic heterocycles. The fourth-order valence-corrected chi connectivity index (χ4v) is 9.55. The van der Waals surface area contributed by atoms with Crippen molar-refractivity contribution in [3.63, 3.8) is 0 Å². The fourth-order valence-electron chi connectivity index (χ4n) is 9.55. The lowest BCUT2D eigenvalue weighted by atomic mass is 10.0. The van der Waals surface area contributed by atoms with Gasteiger partial charge >= 0.3 is 0 Å². The first kappa shape index (κ1) is 57.6. The van der Waals surface area contributed by atoms with Crippen molar-refractivity contribution in [3.05, 3.63) is 174 Å². The van der Waals surface area contributed by atoms with E-state index in [2.05, 4.69) is 77.2 Å².